The normalized spacial score (nSPS) is 25.9. The van der Waals surface area contributed by atoms with Crippen molar-refractivity contribution in [2.24, 2.45) is 4.99 Å². The van der Waals surface area contributed by atoms with Gasteiger partial charge in [0.05, 0.1) is 0 Å². The fourth-order valence-corrected chi connectivity index (χ4v) is 3.53. The summed E-state index contributed by atoms with van der Waals surface area (Å²) >= 11 is 0. The number of rotatable bonds is 2. The first-order valence-corrected chi connectivity index (χ1v) is 11.0. The van der Waals surface area contributed by atoms with Gasteiger partial charge in [0.15, 0.2) is 0 Å². The van der Waals surface area contributed by atoms with Gasteiger partial charge in [0.2, 0.25) is 0 Å². The SMILES string of the molecule is CCc1ccccc1.CNC1CC2=C(C)\C=C/CC=N/C=C/C=C\2OC(C)(C)C1.CO. The maximum atomic E-state index is 7.00. The maximum absolute atomic E-state index is 7.00. The molecular weight excluding hydrogens is 384 g/mol. The highest BCUT2D eigenvalue weighted by Crippen LogP contribution is 2.34. The van der Waals surface area contributed by atoms with Crippen LogP contribution in [0.5, 0.6) is 0 Å². The first kappa shape index (κ1) is 26.6. The molecule has 2 aliphatic rings. The summed E-state index contributed by atoms with van der Waals surface area (Å²) in [7, 11) is 3.03. The molecule has 2 heterocycles. The number of allylic oxidation sites excluding steroid dienone is 6. The molecule has 1 aromatic carbocycles. The van der Waals surface area contributed by atoms with E-state index in [1.807, 2.05) is 37.7 Å². The van der Waals surface area contributed by atoms with Crippen molar-refractivity contribution in [3.63, 3.8) is 0 Å². The highest BCUT2D eigenvalue weighted by molar-refractivity contribution is 5.60. The molecule has 1 atom stereocenters. The molecule has 1 saturated heterocycles. The number of nitrogens with one attached hydrogen (secondary N) is 1. The van der Waals surface area contributed by atoms with Crippen molar-refractivity contribution in [3.8, 4) is 0 Å². The van der Waals surface area contributed by atoms with Gasteiger partial charge in [-0.3, -0.25) is 4.99 Å². The molecule has 0 radical (unpaired) electrons. The number of hydrogen-bond donors (Lipinski definition) is 2. The Balaban J connectivity index is 0.000000400. The van der Waals surface area contributed by atoms with Gasteiger partial charge in [0.1, 0.15) is 11.4 Å². The summed E-state index contributed by atoms with van der Waals surface area (Å²) in [6, 6.07) is 10.9. The third-order valence-corrected chi connectivity index (χ3v) is 5.14. The Hall–Kier alpha value is -2.43. The molecule has 0 aliphatic carbocycles. The average molecular weight is 425 g/mol. The van der Waals surface area contributed by atoms with Gasteiger partial charge in [-0.1, -0.05) is 49.4 Å². The van der Waals surface area contributed by atoms with Crippen molar-refractivity contribution in [2.75, 3.05) is 14.2 Å². The van der Waals surface area contributed by atoms with Crippen LogP contribution < -0.4 is 5.32 Å². The minimum atomic E-state index is -0.178. The number of aryl methyl sites for hydroxylation is 1. The molecule has 0 amide bonds. The Morgan fingerprint density at radius 2 is 1.90 bits per heavy atom. The molecule has 0 spiro atoms. The van der Waals surface area contributed by atoms with Crippen LogP contribution in [0.15, 0.2) is 82.7 Å². The van der Waals surface area contributed by atoms with Crippen molar-refractivity contribution >= 4 is 6.21 Å². The predicted molar refractivity (Wildman–Crippen MR) is 133 cm³/mol. The molecule has 4 nitrogen and oxygen atoms in total. The van der Waals surface area contributed by atoms with Gasteiger partial charge in [0, 0.05) is 38.4 Å². The van der Waals surface area contributed by atoms with Gasteiger partial charge in [-0.05, 0) is 69.5 Å². The van der Waals surface area contributed by atoms with Gasteiger partial charge < -0.3 is 15.2 Å². The second-order valence-corrected chi connectivity index (χ2v) is 8.10. The van der Waals surface area contributed by atoms with Crippen molar-refractivity contribution in [2.45, 2.75) is 65.0 Å². The first-order chi connectivity index (χ1) is 14.9. The lowest BCUT2D eigenvalue weighted by molar-refractivity contribution is 0.0332. The van der Waals surface area contributed by atoms with Crippen LogP contribution in [-0.2, 0) is 11.2 Å². The molecule has 1 unspecified atom stereocenters. The lowest BCUT2D eigenvalue weighted by atomic mass is 9.94. The van der Waals surface area contributed by atoms with E-state index in [4.69, 9.17) is 9.84 Å². The van der Waals surface area contributed by atoms with E-state index in [0.717, 1.165) is 38.6 Å². The predicted octanol–water partition coefficient (Wildman–Crippen LogP) is 5.77. The van der Waals surface area contributed by atoms with Gasteiger partial charge in [-0.2, -0.15) is 0 Å². The van der Waals surface area contributed by atoms with Crippen molar-refractivity contribution in [1.82, 2.24) is 5.32 Å². The number of aliphatic hydroxyl groups excluding tert-OH is 1. The van der Waals surface area contributed by atoms with Crippen molar-refractivity contribution < 1.29 is 9.84 Å². The molecule has 1 fully saturated rings. The Morgan fingerprint density at radius 1 is 1.19 bits per heavy atom. The zero-order valence-corrected chi connectivity index (χ0v) is 20.1. The zero-order valence-electron chi connectivity index (χ0n) is 20.1. The topological polar surface area (TPSA) is 53.9 Å². The summed E-state index contributed by atoms with van der Waals surface area (Å²) in [4.78, 5) is 4.24. The molecule has 0 saturated carbocycles. The number of hydrogen-bond acceptors (Lipinski definition) is 4. The molecule has 3 rings (SSSR count). The smallest absolute Gasteiger partial charge is 0.123 e. The van der Waals surface area contributed by atoms with E-state index >= 15 is 0 Å². The van der Waals surface area contributed by atoms with Gasteiger partial charge in [0.25, 0.3) is 0 Å². The Morgan fingerprint density at radius 3 is 2.52 bits per heavy atom. The van der Waals surface area contributed by atoms with Crippen LogP contribution in [0.1, 0.15) is 52.5 Å². The van der Waals surface area contributed by atoms with Crippen LogP contribution in [0.25, 0.3) is 0 Å². The van der Waals surface area contributed by atoms with E-state index in [1.165, 1.54) is 16.7 Å². The van der Waals surface area contributed by atoms with Crippen LogP contribution >= 0.6 is 0 Å². The largest absolute Gasteiger partial charge is 0.488 e. The quantitative estimate of drug-likeness (QED) is 0.634. The molecule has 0 bridgehead atoms. The second-order valence-electron chi connectivity index (χ2n) is 8.10. The van der Waals surface area contributed by atoms with Crippen LogP contribution in [0, 0.1) is 0 Å². The summed E-state index contributed by atoms with van der Waals surface area (Å²) in [5, 5.41) is 10.4. The summed E-state index contributed by atoms with van der Waals surface area (Å²) < 4.78 is 6.30. The minimum absolute atomic E-state index is 0.178. The van der Waals surface area contributed by atoms with E-state index < -0.39 is 0 Å². The van der Waals surface area contributed by atoms with Crippen LogP contribution in [0.3, 0.4) is 0 Å². The fraction of sp³-hybridized carbons (Fsp3) is 0.444. The van der Waals surface area contributed by atoms with E-state index in [1.54, 1.807) is 0 Å². The molecular formula is C27H40N2O2. The summed E-state index contributed by atoms with van der Waals surface area (Å²) in [5.41, 5.74) is 3.78. The van der Waals surface area contributed by atoms with E-state index in [2.05, 4.69) is 74.4 Å². The molecule has 4 heteroatoms. The summed E-state index contributed by atoms with van der Waals surface area (Å²) in [6.07, 6.45) is 16.0. The van der Waals surface area contributed by atoms with E-state index in [-0.39, 0.29) is 5.60 Å². The molecule has 31 heavy (non-hydrogen) atoms. The number of aliphatic imine (C=N–C) groups is 1. The Bertz CT molecular complexity index is 787. The van der Waals surface area contributed by atoms with Crippen molar-refractivity contribution in [1.29, 1.82) is 0 Å². The molecule has 2 aliphatic heterocycles. The lowest BCUT2D eigenvalue weighted by Gasteiger charge is -2.27. The Kier molecular flexibility index (Phi) is 12.5. The van der Waals surface area contributed by atoms with Gasteiger partial charge in [-0.25, -0.2) is 0 Å². The third kappa shape index (κ3) is 9.95. The monoisotopic (exact) mass is 424 g/mol. The van der Waals surface area contributed by atoms with Gasteiger partial charge in [-0.15, -0.1) is 0 Å². The highest BCUT2D eigenvalue weighted by Gasteiger charge is 2.31. The number of ether oxygens (including phenoxy) is 1. The molecule has 170 valence electrons. The first-order valence-electron chi connectivity index (χ1n) is 11.0. The number of benzene rings is 1. The average Bonchev–Trinajstić information content (AvgIpc) is 2.94. The maximum Gasteiger partial charge on any atom is 0.123 e. The fourth-order valence-electron chi connectivity index (χ4n) is 3.53. The molecule has 1 aromatic rings. The standard InChI is InChI=1S/C18H26N2O.C8H10.CH4O/c1-14-8-5-6-10-20-11-7-9-17-16(14)12-15(19-4)13-18(2,3)21-17;1-2-8-6-4-3-5-7-8;1-2/h5,7-11,15,19H,6,12-13H2,1-4H3;3-7H,2H2,1H3;2H,1H3/b8-5-,11-7+,16-14+,17-9+,20-10?;;. The molecule has 2 N–H and O–H groups in total. The number of aliphatic hydroxyl groups is 1. The van der Waals surface area contributed by atoms with Crippen LogP contribution in [0.4, 0.5) is 0 Å². The molecule has 0 aromatic heterocycles. The lowest BCUT2D eigenvalue weighted by Crippen LogP contribution is -2.33. The summed E-state index contributed by atoms with van der Waals surface area (Å²) in [5.74, 6) is 0.966. The number of nitrogens with zero attached hydrogens (tertiary/aromatic N) is 1. The Labute approximate surface area is 189 Å². The van der Waals surface area contributed by atoms with E-state index in [9.17, 15) is 0 Å². The van der Waals surface area contributed by atoms with Gasteiger partial charge >= 0.3 is 0 Å². The number of fused-ring (bicyclic) bond motifs is 1. The van der Waals surface area contributed by atoms with Crippen molar-refractivity contribution in [3.05, 3.63) is 83.3 Å². The third-order valence-electron chi connectivity index (χ3n) is 5.14. The van der Waals surface area contributed by atoms with Crippen LogP contribution in [-0.4, -0.2) is 37.1 Å². The minimum Gasteiger partial charge on any atom is -0.488 e. The second kappa shape index (κ2) is 14.6. The highest BCUT2D eigenvalue weighted by atomic mass is 16.5. The zero-order chi connectivity index (χ0) is 23.1. The summed E-state index contributed by atoms with van der Waals surface area (Å²) in [6.45, 7) is 8.63. The van der Waals surface area contributed by atoms with E-state index in [0.29, 0.717) is 6.04 Å². The van der Waals surface area contributed by atoms with Crippen LogP contribution in [0.2, 0.25) is 0 Å².